The Morgan fingerprint density at radius 3 is 2.75 bits per heavy atom. The van der Waals surface area contributed by atoms with Crippen molar-refractivity contribution in [3.05, 3.63) is 29.6 Å². The Hall–Kier alpha value is -1.42. The van der Waals surface area contributed by atoms with E-state index in [0.29, 0.717) is 13.0 Å². The number of nitrogens with one attached hydrogen (secondary N) is 1. The molecule has 0 atom stereocenters. The van der Waals surface area contributed by atoms with Crippen molar-refractivity contribution in [2.24, 2.45) is 5.73 Å². The number of nitrogens with two attached hydrogens (primary N) is 1. The van der Waals surface area contributed by atoms with Gasteiger partial charge >= 0.3 is 0 Å². The van der Waals surface area contributed by atoms with Crippen molar-refractivity contribution in [3.8, 4) is 0 Å². The van der Waals surface area contributed by atoms with Crippen molar-refractivity contribution in [2.45, 2.75) is 39.3 Å². The highest BCUT2D eigenvalue weighted by atomic mass is 16.1. The average molecular weight is 221 g/mol. The topological polar surface area (TPSA) is 68.0 Å². The van der Waals surface area contributed by atoms with Crippen molar-refractivity contribution < 1.29 is 4.79 Å². The predicted molar refractivity (Wildman–Crippen MR) is 63.7 cm³/mol. The molecule has 0 bridgehead atoms. The van der Waals surface area contributed by atoms with Crippen LogP contribution >= 0.6 is 0 Å². The van der Waals surface area contributed by atoms with Crippen LogP contribution < -0.4 is 11.1 Å². The van der Waals surface area contributed by atoms with E-state index in [-0.39, 0.29) is 5.91 Å². The Balaban J connectivity index is 2.43. The monoisotopic (exact) mass is 221 g/mol. The Kier molecular flexibility index (Phi) is 4.01. The molecule has 0 aliphatic rings. The second kappa shape index (κ2) is 5.07. The molecule has 1 aromatic heterocycles. The number of nitrogens with zero attached hydrogens (tertiary/aromatic N) is 1. The number of hydrogen-bond acceptors (Lipinski definition) is 3. The molecule has 0 fully saturated rings. The molecule has 4 nitrogen and oxygen atoms in total. The zero-order valence-electron chi connectivity index (χ0n) is 10.1. The summed E-state index contributed by atoms with van der Waals surface area (Å²) in [5.74, 6) is -0.0455. The zero-order chi connectivity index (χ0) is 12.2. The SMILES string of the molecule is Cc1cccc(CNC(=O)CC(C)(C)N)n1. The molecule has 0 unspecified atom stereocenters. The van der Waals surface area contributed by atoms with E-state index in [1.165, 1.54) is 0 Å². The minimum Gasteiger partial charge on any atom is -0.350 e. The number of pyridine rings is 1. The number of hydrogen-bond donors (Lipinski definition) is 2. The lowest BCUT2D eigenvalue weighted by atomic mass is 10.0. The van der Waals surface area contributed by atoms with Crippen LogP contribution in [0.15, 0.2) is 18.2 Å². The van der Waals surface area contributed by atoms with Crippen LogP contribution in [0.4, 0.5) is 0 Å². The Morgan fingerprint density at radius 2 is 2.19 bits per heavy atom. The number of aryl methyl sites for hydroxylation is 1. The summed E-state index contributed by atoms with van der Waals surface area (Å²) in [5.41, 5.74) is 7.10. The third kappa shape index (κ3) is 4.89. The largest absolute Gasteiger partial charge is 0.350 e. The van der Waals surface area contributed by atoms with E-state index < -0.39 is 5.54 Å². The van der Waals surface area contributed by atoms with Gasteiger partial charge in [0.2, 0.25) is 5.91 Å². The molecule has 16 heavy (non-hydrogen) atoms. The molecule has 1 amide bonds. The minimum absolute atomic E-state index is 0.0455. The Labute approximate surface area is 96.3 Å². The van der Waals surface area contributed by atoms with Crippen LogP contribution in [0, 0.1) is 6.92 Å². The molecular weight excluding hydrogens is 202 g/mol. The predicted octanol–water partition coefficient (Wildman–Crippen LogP) is 1.13. The molecule has 3 N–H and O–H groups in total. The molecule has 1 heterocycles. The number of aromatic nitrogens is 1. The molecule has 88 valence electrons. The number of carbonyl (C=O) groups excluding carboxylic acids is 1. The normalized spacial score (nSPS) is 11.2. The van der Waals surface area contributed by atoms with Crippen molar-refractivity contribution in [1.82, 2.24) is 10.3 Å². The van der Waals surface area contributed by atoms with E-state index in [4.69, 9.17) is 5.73 Å². The van der Waals surface area contributed by atoms with Gasteiger partial charge in [-0.25, -0.2) is 0 Å². The zero-order valence-corrected chi connectivity index (χ0v) is 10.1. The highest BCUT2D eigenvalue weighted by Crippen LogP contribution is 2.03. The van der Waals surface area contributed by atoms with E-state index in [2.05, 4.69) is 10.3 Å². The van der Waals surface area contributed by atoms with Crippen molar-refractivity contribution in [3.63, 3.8) is 0 Å². The highest BCUT2D eigenvalue weighted by molar-refractivity contribution is 5.76. The van der Waals surface area contributed by atoms with E-state index in [9.17, 15) is 4.79 Å². The van der Waals surface area contributed by atoms with Crippen molar-refractivity contribution in [2.75, 3.05) is 0 Å². The lowest BCUT2D eigenvalue weighted by Gasteiger charge is -2.17. The third-order valence-electron chi connectivity index (χ3n) is 2.03. The minimum atomic E-state index is -0.468. The van der Waals surface area contributed by atoms with Gasteiger partial charge in [0, 0.05) is 17.7 Å². The van der Waals surface area contributed by atoms with E-state index in [1.807, 2.05) is 39.0 Å². The Bertz CT molecular complexity index is 369. The summed E-state index contributed by atoms with van der Waals surface area (Å²) in [6, 6.07) is 5.74. The van der Waals surface area contributed by atoms with Crippen LogP contribution in [0.1, 0.15) is 31.7 Å². The smallest absolute Gasteiger partial charge is 0.222 e. The van der Waals surface area contributed by atoms with Crippen LogP contribution in [-0.4, -0.2) is 16.4 Å². The molecule has 0 aromatic carbocycles. The molecule has 0 aliphatic carbocycles. The van der Waals surface area contributed by atoms with Gasteiger partial charge in [0.05, 0.1) is 12.2 Å². The lowest BCUT2D eigenvalue weighted by Crippen LogP contribution is -2.38. The fourth-order valence-electron chi connectivity index (χ4n) is 1.36. The first kappa shape index (κ1) is 12.6. The van der Waals surface area contributed by atoms with Gasteiger partial charge in [-0.1, -0.05) is 6.07 Å². The fourth-order valence-corrected chi connectivity index (χ4v) is 1.36. The van der Waals surface area contributed by atoms with Gasteiger partial charge in [-0.15, -0.1) is 0 Å². The first-order valence-corrected chi connectivity index (χ1v) is 5.35. The second-order valence-corrected chi connectivity index (χ2v) is 4.71. The van der Waals surface area contributed by atoms with Crippen LogP contribution in [0.25, 0.3) is 0 Å². The fraction of sp³-hybridized carbons (Fsp3) is 0.500. The molecule has 0 radical (unpaired) electrons. The van der Waals surface area contributed by atoms with Crippen molar-refractivity contribution in [1.29, 1.82) is 0 Å². The summed E-state index contributed by atoms with van der Waals surface area (Å²) in [5, 5.41) is 2.80. The first-order chi connectivity index (χ1) is 7.37. The quantitative estimate of drug-likeness (QED) is 0.801. The van der Waals surface area contributed by atoms with Gasteiger partial charge in [-0.05, 0) is 32.9 Å². The maximum atomic E-state index is 11.5. The van der Waals surface area contributed by atoms with Gasteiger partial charge in [0.1, 0.15) is 0 Å². The third-order valence-corrected chi connectivity index (χ3v) is 2.03. The summed E-state index contributed by atoms with van der Waals surface area (Å²) in [4.78, 5) is 15.8. The average Bonchev–Trinajstić information content (AvgIpc) is 2.12. The molecule has 1 aromatic rings. The summed E-state index contributed by atoms with van der Waals surface area (Å²) in [6.45, 7) is 6.04. The molecule has 0 aliphatic heterocycles. The Morgan fingerprint density at radius 1 is 1.50 bits per heavy atom. The number of amides is 1. The summed E-state index contributed by atoms with van der Waals surface area (Å²) in [6.07, 6.45) is 0.318. The summed E-state index contributed by atoms with van der Waals surface area (Å²) < 4.78 is 0. The first-order valence-electron chi connectivity index (χ1n) is 5.35. The van der Waals surface area contributed by atoms with E-state index >= 15 is 0 Å². The van der Waals surface area contributed by atoms with E-state index in [1.54, 1.807) is 0 Å². The summed E-state index contributed by atoms with van der Waals surface area (Å²) >= 11 is 0. The van der Waals surface area contributed by atoms with Crippen LogP contribution in [0.5, 0.6) is 0 Å². The summed E-state index contributed by atoms with van der Waals surface area (Å²) in [7, 11) is 0. The van der Waals surface area contributed by atoms with Crippen LogP contribution in [0.3, 0.4) is 0 Å². The van der Waals surface area contributed by atoms with Gasteiger partial charge in [0.25, 0.3) is 0 Å². The van der Waals surface area contributed by atoms with Gasteiger partial charge < -0.3 is 11.1 Å². The van der Waals surface area contributed by atoms with Crippen LogP contribution in [-0.2, 0) is 11.3 Å². The number of rotatable bonds is 4. The van der Waals surface area contributed by atoms with Crippen molar-refractivity contribution >= 4 is 5.91 Å². The molecule has 0 saturated carbocycles. The maximum absolute atomic E-state index is 11.5. The molecular formula is C12H19N3O. The van der Waals surface area contributed by atoms with E-state index in [0.717, 1.165) is 11.4 Å². The lowest BCUT2D eigenvalue weighted by molar-refractivity contribution is -0.122. The van der Waals surface area contributed by atoms with Gasteiger partial charge in [-0.2, -0.15) is 0 Å². The van der Waals surface area contributed by atoms with Gasteiger partial charge in [-0.3, -0.25) is 9.78 Å². The molecule has 0 saturated heterocycles. The van der Waals surface area contributed by atoms with Gasteiger partial charge in [0.15, 0.2) is 0 Å². The maximum Gasteiger partial charge on any atom is 0.222 e. The molecule has 4 heteroatoms. The molecule has 0 spiro atoms. The highest BCUT2D eigenvalue weighted by Gasteiger charge is 2.15. The second-order valence-electron chi connectivity index (χ2n) is 4.71. The molecule has 1 rings (SSSR count). The van der Waals surface area contributed by atoms with Crippen LogP contribution in [0.2, 0.25) is 0 Å². The number of carbonyl (C=O) groups is 1. The standard InChI is InChI=1S/C12H19N3O/c1-9-5-4-6-10(15-9)8-14-11(16)7-12(2,3)13/h4-6H,7-8,13H2,1-3H3,(H,14,16).